The molecule has 4 rings (SSSR count). The Hall–Kier alpha value is -3.27. The fourth-order valence-corrected chi connectivity index (χ4v) is 4.48. The Labute approximate surface area is 213 Å². The normalized spacial score (nSPS) is 15.7. The smallest absolute Gasteiger partial charge is 0.419 e. The Bertz CT molecular complexity index is 1290. The molecule has 0 spiro atoms. The molecule has 1 aliphatic rings. The Balaban J connectivity index is 1.41. The van der Waals surface area contributed by atoms with E-state index in [1.165, 1.54) is 16.8 Å². The summed E-state index contributed by atoms with van der Waals surface area (Å²) in [5.41, 5.74) is -0.416. The van der Waals surface area contributed by atoms with Gasteiger partial charge in [-0.3, -0.25) is 4.90 Å². The van der Waals surface area contributed by atoms with Crippen LogP contribution in [0.2, 0.25) is 0 Å². The number of nitrogens with zero attached hydrogens (tertiary/aromatic N) is 7. The van der Waals surface area contributed by atoms with Crippen LogP contribution in [0.3, 0.4) is 0 Å². The van der Waals surface area contributed by atoms with Crippen LogP contribution in [-0.4, -0.2) is 86.4 Å². The summed E-state index contributed by atoms with van der Waals surface area (Å²) in [7, 11) is 1.63. The molecule has 12 heteroatoms. The van der Waals surface area contributed by atoms with Gasteiger partial charge in [0, 0.05) is 51.9 Å². The molecule has 0 radical (unpaired) electrons. The molecule has 37 heavy (non-hydrogen) atoms. The molecule has 1 aliphatic heterocycles. The first kappa shape index (κ1) is 26.8. The molecule has 0 saturated carbocycles. The molecule has 1 aromatic carbocycles. The molecule has 0 aliphatic carbocycles. The van der Waals surface area contributed by atoms with E-state index in [1.807, 2.05) is 6.07 Å². The van der Waals surface area contributed by atoms with Gasteiger partial charge in [0.1, 0.15) is 17.3 Å². The van der Waals surface area contributed by atoms with Crippen LogP contribution in [0.1, 0.15) is 31.5 Å². The molecule has 9 nitrogen and oxygen atoms in total. The van der Waals surface area contributed by atoms with Gasteiger partial charge >= 0.3 is 6.18 Å². The predicted octanol–water partition coefficient (Wildman–Crippen LogP) is 3.08. The Morgan fingerprint density at radius 2 is 1.81 bits per heavy atom. The number of rotatable bonds is 8. The highest BCUT2D eigenvalue weighted by Gasteiger charge is 2.35. The van der Waals surface area contributed by atoms with E-state index in [0.717, 1.165) is 38.8 Å². The largest absolute Gasteiger partial charge is 0.493 e. The number of aryl methyl sites for hydroxylation is 1. The average molecular weight is 518 g/mol. The average Bonchev–Trinajstić information content (AvgIpc) is 3.21. The van der Waals surface area contributed by atoms with Gasteiger partial charge in [-0.1, -0.05) is 5.21 Å². The first-order chi connectivity index (χ1) is 17.4. The second-order valence-corrected chi connectivity index (χ2v) is 9.89. The summed E-state index contributed by atoms with van der Waals surface area (Å²) in [5.74, 6) is -0.241. The van der Waals surface area contributed by atoms with Crippen molar-refractivity contribution >= 4 is 11.0 Å². The van der Waals surface area contributed by atoms with Crippen molar-refractivity contribution in [3.63, 3.8) is 0 Å². The maximum Gasteiger partial charge on any atom is 0.419 e. The van der Waals surface area contributed by atoms with Crippen LogP contribution in [0.15, 0.2) is 24.3 Å². The number of piperazine rings is 1. The number of pyridine rings is 1. The van der Waals surface area contributed by atoms with Crippen LogP contribution in [0.25, 0.3) is 22.3 Å². The number of fused-ring (bicyclic) bond motifs is 1. The van der Waals surface area contributed by atoms with Crippen LogP contribution in [0.5, 0.6) is 5.75 Å². The van der Waals surface area contributed by atoms with Crippen LogP contribution < -0.4 is 4.74 Å². The number of nitriles is 1. The third-order valence-corrected chi connectivity index (χ3v) is 6.24. The Kier molecular flexibility index (Phi) is 7.68. The van der Waals surface area contributed by atoms with Gasteiger partial charge in [0.25, 0.3) is 0 Å². The van der Waals surface area contributed by atoms with Crippen molar-refractivity contribution in [1.29, 1.82) is 5.26 Å². The molecular weight excluding hydrogens is 487 g/mol. The first-order valence-corrected chi connectivity index (χ1v) is 12.1. The van der Waals surface area contributed by atoms with Crippen LogP contribution in [0, 0.1) is 11.3 Å². The zero-order chi connectivity index (χ0) is 26.8. The van der Waals surface area contributed by atoms with Crippen LogP contribution in [0.4, 0.5) is 13.2 Å². The number of benzene rings is 1. The number of hydrogen-bond acceptors (Lipinski definition) is 8. The molecule has 1 saturated heterocycles. The zero-order valence-electron chi connectivity index (χ0n) is 21.1. The lowest BCUT2D eigenvalue weighted by Crippen LogP contribution is -2.50. The monoisotopic (exact) mass is 517 g/mol. The standard InChI is InChI=1S/C25H30F3N7O2/c1-24(2,36)16-35-10-8-34(9-11-35)7-4-12-37-22-6-5-17(13-18(22)25(26,27)28)19-14-21-23(20(15-29)30-19)31-32-33(21)3/h5-6,13-14,36H,4,7-12,16H2,1-3H3. The third kappa shape index (κ3) is 6.54. The molecule has 198 valence electrons. The van der Waals surface area contributed by atoms with Gasteiger partial charge in [-0.05, 0) is 44.5 Å². The highest BCUT2D eigenvalue weighted by atomic mass is 19.4. The lowest BCUT2D eigenvalue weighted by atomic mass is 10.1. The van der Waals surface area contributed by atoms with Gasteiger partial charge in [-0.2, -0.15) is 18.4 Å². The molecule has 0 unspecified atom stereocenters. The van der Waals surface area contributed by atoms with E-state index in [4.69, 9.17) is 4.74 Å². The van der Waals surface area contributed by atoms with Gasteiger partial charge in [-0.15, -0.1) is 5.10 Å². The molecule has 0 amide bonds. The number of aliphatic hydroxyl groups is 1. The minimum absolute atomic E-state index is 0.00427. The lowest BCUT2D eigenvalue weighted by Gasteiger charge is -2.37. The summed E-state index contributed by atoms with van der Waals surface area (Å²) >= 11 is 0. The summed E-state index contributed by atoms with van der Waals surface area (Å²) < 4.78 is 48.7. The fourth-order valence-electron chi connectivity index (χ4n) is 4.48. The Morgan fingerprint density at radius 3 is 2.46 bits per heavy atom. The number of halogens is 3. The Morgan fingerprint density at radius 1 is 1.11 bits per heavy atom. The van der Waals surface area contributed by atoms with Crippen molar-refractivity contribution in [2.45, 2.75) is 32.0 Å². The maximum absolute atomic E-state index is 13.9. The minimum Gasteiger partial charge on any atom is -0.493 e. The van der Waals surface area contributed by atoms with Gasteiger partial charge in [-0.25, -0.2) is 9.67 Å². The lowest BCUT2D eigenvalue weighted by molar-refractivity contribution is -0.138. The number of aromatic nitrogens is 4. The van der Waals surface area contributed by atoms with Gasteiger partial charge < -0.3 is 14.7 Å². The van der Waals surface area contributed by atoms with E-state index in [2.05, 4.69) is 25.1 Å². The molecule has 0 bridgehead atoms. The van der Waals surface area contributed by atoms with Crippen LogP contribution >= 0.6 is 0 Å². The van der Waals surface area contributed by atoms with Crippen LogP contribution in [-0.2, 0) is 13.2 Å². The number of ether oxygens (including phenoxy) is 1. The van der Waals surface area contributed by atoms with E-state index in [-0.39, 0.29) is 29.3 Å². The second kappa shape index (κ2) is 10.6. The van der Waals surface area contributed by atoms with Gasteiger partial charge in [0.05, 0.1) is 29.0 Å². The first-order valence-electron chi connectivity index (χ1n) is 12.1. The third-order valence-electron chi connectivity index (χ3n) is 6.24. The molecular formula is C25H30F3N7O2. The fraction of sp³-hybridized carbons (Fsp3) is 0.520. The van der Waals surface area contributed by atoms with Crippen molar-refractivity contribution < 1.29 is 23.0 Å². The summed E-state index contributed by atoms with van der Waals surface area (Å²) in [5, 5.41) is 27.1. The molecule has 1 fully saturated rings. The van der Waals surface area contributed by atoms with Gasteiger partial charge in [0.15, 0.2) is 5.69 Å². The summed E-state index contributed by atoms with van der Waals surface area (Å²) in [6, 6.07) is 7.30. The molecule has 2 aromatic heterocycles. The van der Waals surface area contributed by atoms with E-state index in [1.54, 1.807) is 27.0 Å². The number of alkyl halides is 3. The quantitative estimate of drug-likeness (QED) is 0.455. The van der Waals surface area contributed by atoms with Gasteiger partial charge in [0.2, 0.25) is 0 Å². The van der Waals surface area contributed by atoms with Crippen molar-refractivity contribution in [3.8, 4) is 23.1 Å². The second-order valence-electron chi connectivity index (χ2n) is 9.89. The SMILES string of the molecule is Cn1nnc2c(C#N)nc(-c3ccc(OCCCN4CCN(CC(C)(C)O)CC4)c(C(F)(F)F)c3)cc21. The van der Waals surface area contributed by atoms with E-state index < -0.39 is 17.3 Å². The summed E-state index contributed by atoms with van der Waals surface area (Å²) in [4.78, 5) is 8.66. The number of β-amino-alcohol motifs (C(OH)–C–C–N with tert-alkyl or cyclic N) is 1. The summed E-state index contributed by atoms with van der Waals surface area (Å²) in [6.07, 6.45) is -4.04. The minimum atomic E-state index is -4.63. The predicted molar refractivity (Wildman–Crippen MR) is 131 cm³/mol. The number of hydrogen-bond donors (Lipinski definition) is 1. The maximum atomic E-state index is 13.9. The van der Waals surface area contributed by atoms with Crippen molar-refractivity contribution in [3.05, 3.63) is 35.5 Å². The topological polar surface area (TPSA) is 103 Å². The molecule has 3 heterocycles. The highest BCUT2D eigenvalue weighted by Crippen LogP contribution is 2.39. The molecule has 3 aromatic rings. The van der Waals surface area contributed by atoms with Crippen molar-refractivity contribution in [1.82, 2.24) is 29.8 Å². The molecule has 0 atom stereocenters. The zero-order valence-corrected chi connectivity index (χ0v) is 21.1. The van der Waals surface area contributed by atoms with E-state index >= 15 is 0 Å². The van der Waals surface area contributed by atoms with Crippen molar-refractivity contribution in [2.75, 3.05) is 45.9 Å². The summed E-state index contributed by atoms with van der Waals surface area (Å²) in [6.45, 7) is 8.41. The molecule has 1 N–H and O–H groups in total. The van der Waals surface area contributed by atoms with E-state index in [0.29, 0.717) is 24.0 Å². The van der Waals surface area contributed by atoms with E-state index in [9.17, 15) is 23.5 Å². The highest BCUT2D eigenvalue weighted by molar-refractivity contribution is 5.83. The van der Waals surface area contributed by atoms with Crippen molar-refractivity contribution in [2.24, 2.45) is 7.05 Å².